The van der Waals surface area contributed by atoms with Gasteiger partial charge in [0.25, 0.3) is 0 Å². The van der Waals surface area contributed by atoms with E-state index in [2.05, 4.69) is 15.7 Å². The Hall–Kier alpha value is -0.890. The summed E-state index contributed by atoms with van der Waals surface area (Å²) in [5, 5.41) is 3.01. The van der Waals surface area contributed by atoms with Gasteiger partial charge in [0.05, 0.1) is 19.8 Å². The fourth-order valence-corrected chi connectivity index (χ4v) is 1.03. The van der Waals surface area contributed by atoms with Gasteiger partial charge in [0.2, 0.25) is 5.96 Å². The van der Waals surface area contributed by atoms with Crippen molar-refractivity contribution in [2.24, 2.45) is 10.8 Å². The van der Waals surface area contributed by atoms with E-state index in [1.54, 1.807) is 14.2 Å². The number of methoxy groups -OCH3 is 2. The summed E-state index contributed by atoms with van der Waals surface area (Å²) in [6.45, 7) is 3.85. The number of nitrogens with two attached hydrogens (primary N) is 1. The van der Waals surface area contributed by atoms with E-state index in [4.69, 9.17) is 20.1 Å². The number of nitrogens with one attached hydrogen (secondary N) is 2. The third kappa shape index (κ3) is 11.4. The Balaban J connectivity index is 3.44. The lowest BCUT2D eigenvalue weighted by molar-refractivity contribution is 0.0702. The largest absolute Gasteiger partial charge is 0.383 e. The Labute approximate surface area is 103 Å². The van der Waals surface area contributed by atoms with Gasteiger partial charge in [0, 0.05) is 33.9 Å². The normalized spacial score (nSPS) is 11.6. The van der Waals surface area contributed by atoms with Gasteiger partial charge in [-0.2, -0.15) is 0 Å². The number of hydrogen-bond donors (Lipinski definition) is 3. The van der Waals surface area contributed by atoms with Crippen LogP contribution in [0.4, 0.5) is 0 Å². The summed E-state index contributed by atoms with van der Waals surface area (Å²) < 4.78 is 15.1. The Morgan fingerprint density at radius 1 is 1.12 bits per heavy atom. The van der Waals surface area contributed by atoms with Crippen molar-refractivity contribution in [1.82, 2.24) is 10.7 Å². The SMILES string of the molecule is COCCNC(=NCCCOCCOC)NN. The van der Waals surface area contributed by atoms with E-state index >= 15 is 0 Å². The zero-order valence-corrected chi connectivity index (χ0v) is 10.7. The molecule has 0 aliphatic heterocycles. The Morgan fingerprint density at radius 2 is 1.88 bits per heavy atom. The molecule has 0 aliphatic rings. The molecule has 0 aromatic rings. The molecule has 0 unspecified atom stereocenters. The summed E-state index contributed by atoms with van der Waals surface area (Å²) in [6, 6.07) is 0. The van der Waals surface area contributed by atoms with Crippen LogP contribution >= 0.6 is 0 Å². The van der Waals surface area contributed by atoms with Crippen molar-refractivity contribution in [3.05, 3.63) is 0 Å². The highest BCUT2D eigenvalue weighted by atomic mass is 16.5. The Bertz CT molecular complexity index is 190. The molecule has 0 rings (SSSR count). The molecule has 4 N–H and O–H groups in total. The van der Waals surface area contributed by atoms with Crippen LogP contribution in [-0.4, -0.2) is 59.7 Å². The summed E-state index contributed by atoms with van der Waals surface area (Å²) in [5.41, 5.74) is 2.49. The van der Waals surface area contributed by atoms with Crippen LogP contribution in [0.2, 0.25) is 0 Å². The molecule has 0 bridgehead atoms. The predicted octanol–water partition coefficient (Wildman–Crippen LogP) is -0.905. The standard InChI is InChI=1S/C10H24N4O3/c1-15-7-5-13-10(14-11)12-4-3-6-17-9-8-16-2/h3-9,11H2,1-2H3,(H2,12,13,14). The van der Waals surface area contributed by atoms with E-state index in [1.165, 1.54) is 0 Å². The summed E-state index contributed by atoms with van der Waals surface area (Å²) in [5.74, 6) is 5.87. The highest BCUT2D eigenvalue weighted by Crippen LogP contribution is 1.85. The predicted molar refractivity (Wildman–Crippen MR) is 66.8 cm³/mol. The quantitative estimate of drug-likeness (QED) is 0.152. The van der Waals surface area contributed by atoms with Crippen LogP contribution in [0.25, 0.3) is 0 Å². The van der Waals surface area contributed by atoms with Crippen LogP contribution in [0.3, 0.4) is 0 Å². The second-order valence-electron chi connectivity index (χ2n) is 3.25. The molecule has 0 fully saturated rings. The van der Waals surface area contributed by atoms with Gasteiger partial charge in [-0.3, -0.25) is 10.4 Å². The molecule has 0 atom stereocenters. The summed E-state index contributed by atoms with van der Waals surface area (Å²) in [6.07, 6.45) is 0.848. The van der Waals surface area contributed by atoms with Gasteiger partial charge in [-0.15, -0.1) is 0 Å². The fraction of sp³-hybridized carbons (Fsp3) is 0.900. The average Bonchev–Trinajstić information content (AvgIpc) is 2.35. The van der Waals surface area contributed by atoms with Crippen molar-refractivity contribution >= 4 is 5.96 Å². The topological polar surface area (TPSA) is 90.1 Å². The third-order valence-electron chi connectivity index (χ3n) is 1.88. The molecule has 0 amide bonds. The first-order valence-electron chi connectivity index (χ1n) is 5.65. The molecule has 0 spiro atoms. The number of guanidine groups is 1. The third-order valence-corrected chi connectivity index (χ3v) is 1.88. The molecule has 0 aliphatic carbocycles. The number of hydrogen-bond acceptors (Lipinski definition) is 5. The maximum Gasteiger partial charge on any atom is 0.205 e. The summed E-state index contributed by atoms with van der Waals surface area (Å²) >= 11 is 0. The van der Waals surface area contributed by atoms with Crippen molar-refractivity contribution in [3.63, 3.8) is 0 Å². The number of ether oxygens (including phenoxy) is 3. The lowest BCUT2D eigenvalue weighted by atomic mass is 10.4. The average molecular weight is 248 g/mol. The van der Waals surface area contributed by atoms with E-state index in [0.29, 0.717) is 45.5 Å². The first-order chi connectivity index (χ1) is 8.35. The van der Waals surface area contributed by atoms with Gasteiger partial charge in [-0.1, -0.05) is 0 Å². The minimum absolute atomic E-state index is 0.568. The first kappa shape index (κ1) is 16.1. The molecule has 17 heavy (non-hydrogen) atoms. The Morgan fingerprint density at radius 3 is 2.53 bits per heavy atom. The van der Waals surface area contributed by atoms with E-state index in [0.717, 1.165) is 6.42 Å². The molecule has 0 saturated carbocycles. The van der Waals surface area contributed by atoms with Crippen LogP contribution in [-0.2, 0) is 14.2 Å². The number of nitrogens with zero attached hydrogens (tertiary/aromatic N) is 1. The highest BCUT2D eigenvalue weighted by Gasteiger charge is 1.94. The number of rotatable bonds is 10. The molecule has 102 valence electrons. The van der Waals surface area contributed by atoms with Crippen LogP contribution in [0.1, 0.15) is 6.42 Å². The smallest absolute Gasteiger partial charge is 0.205 e. The van der Waals surface area contributed by atoms with Crippen LogP contribution in [0, 0.1) is 0 Å². The Kier molecular flexibility index (Phi) is 12.5. The van der Waals surface area contributed by atoms with E-state index in [-0.39, 0.29) is 0 Å². The lowest BCUT2D eigenvalue weighted by Crippen LogP contribution is -2.42. The lowest BCUT2D eigenvalue weighted by Gasteiger charge is -2.08. The van der Waals surface area contributed by atoms with E-state index in [9.17, 15) is 0 Å². The molecule has 7 heteroatoms. The van der Waals surface area contributed by atoms with Crippen molar-refractivity contribution < 1.29 is 14.2 Å². The van der Waals surface area contributed by atoms with Crippen molar-refractivity contribution in [2.75, 3.05) is 53.7 Å². The van der Waals surface area contributed by atoms with Gasteiger partial charge in [0.15, 0.2) is 0 Å². The van der Waals surface area contributed by atoms with Crippen molar-refractivity contribution in [2.45, 2.75) is 6.42 Å². The summed E-state index contributed by atoms with van der Waals surface area (Å²) in [4.78, 5) is 4.23. The number of aliphatic imine (C=N–C) groups is 1. The first-order valence-corrected chi connectivity index (χ1v) is 5.65. The van der Waals surface area contributed by atoms with Gasteiger partial charge >= 0.3 is 0 Å². The minimum atomic E-state index is 0.568. The van der Waals surface area contributed by atoms with Crippen molar-refractivity contribution in [3.8, 4) is 0 Å². The van der Waals surface area contributed by atoms with Crippen LogP contribution in [0.5, 0.6) is 0 Å². The zero-order chi connectivity index (χ0) is 12.8. The molecule has 0 radical (unpaired) electrons. The van der Waals surface area contributed by atoms with Gasteiger partial charge in [-0.05, 0) is 6.42 Å². The number of hydrazine groups is 1. The minimum Gasteiger partial charge on any atom is -0.383 e. The summed E-state index contributed by atoms with van der Waals surface area (Å²) in [7, 11) is 3.30. The monoisotopic (exact) mass is 248 g/mol. The maximum absolute atomic E-state index is 5.30. The van der Waals surface area contributed by atoms with E-state index < -0.39 is 0 Å². The molecule has 7 nitrogen and oxygen atoms in total. The van der Waals surface area contributed by atoms with Crippen LogP contribution < -0.4 is 16.6 Å². The molecular weight excluding hydrogens is 224 g/mol. The second-order valence-corrected chi connectivity index (χ2v) is 3.25. The van der Waals surface area contributed by atoms with E-state index in [1.807, 2.05) is 0 Å². The van der Waals surface area contributed by atoms with Gasteiger partial charge in [-0.25, -0.2) is 5.84 Å². The molecular formula is C10H24N4O3. The molecule has 0 saturated heterocycles. The van der Waals surface area contributed by atoms with Gasteiger partial charge < -0.3 is 19.5 Å². The second kappa shape index (κ2) is 13.2. The van der Waals surface area contributed by atoms with Crippen molar-refractivity contribution in [1.29, 1.82) is 0 Å². The fourth-order valence-electron chi connectivity index (χ4n) is 1.03. The molecule has 0 aromatic heterocycles. The van der Waals surface area contributed by atoms with Gasteiger partial charge in [0.1, 0.15) is 0 Å². The highest BCUT2D eigenvalue weighted by molar-refractivity contribution is 5.79. The maximum atomic E-state index is 5.30. The van der Waals surface area contributed by atoms with Crippen LogP contribution in [0.15, 0.2) is 4.99 Å². The molecule has 0 aromatic carbocycles. The molecule has 0 heterocycles. The zero-order valence-electron chi connectivity index (χ0n) is 10.7.